The van der Waals surface area contributed by atoms with Crippen molar-refractivity contribution in [2.24, 2.45) is 0 Å². The molecule has 0 unspecified atom stereocenters. The Kier molecular flexibility index (Phi) is 3.29. The fraction of sp³-hybridized carbons (Fsp3) is 0.143. The van der Waals surface area contributed by atoms with Gasteiger partial charge in [-0.2, -0.15) is 8.78 Å². The molecule has 0 saturated heterocycles. The summed E-state index contributed by atoms with van der Waals surface area (Å²) in [6.07, 6.45) is 0. The van der Waals surface area contributed by atoms with E-state index in [9.17, 15) is 8.78 Å². The predicted molar refractivity (Wildman–Crippen MR) is 45.8 cm³/mol. The van der Waals surface area contributed by atoms with Crippen LogP contribution in [0.1, 0.15) is 0 Å². The average Bonchev–Trinajstić information content (AvgIpc) is 1.98. The van der Waals surface area contributed by atoms with Gasteiger partial charge in [0, 0.05) is 4.47 Å². The van der Waals surface area contributed by atoms with Gasteiger partial charge in [0.2, 0.25) is 0 Å². The molecule has 0 spiro atoms. The summed E-state index contributed by atoms with van der Waals surface area (Å²) in [6.45, 7) is -2.85. The first-order valence-electron chi connectivity index (χ1n) is 3.00. The van der Waals surface area contributed by atoms with Crippen LogP contribution in [0.25, 0.3) is 0 Å². The van der Waals surface area contributed by atoms with Crippen molar-refractivity contribution in [3.63, 3.8) is 0 Å². The van der Waals surface area contributed by atoms with Crippen molar-refractivity contribution in [3.05, 3.63) is 27.7 Å². The van der Waals surface area contributed by atoms with E-state index in [1.54, 1.807) is 12.1 Å². The zero-order valence-corrected chi connectivity index (χ0v) is 8.07. The van der Waals surface area contributed by atoms with Crippen molar-refractivity contribution >= 4 is 27.5 Å². The lowest BCUT2D eigenvalue weighted by Gasteiger charge is -2.06. The van der Waals surface area contributed by atoms with E-state index >= 15 is 0 Å². The van der Waals surface area contributed by atoms with E-state index < -0.39 is 6.61 Å². The van der Waals surface area contributed by atoms with E-state index in [0.29, 0.717) is 4.47 Å². The zero-order chi connectivity index (χ0) is 9.14. The highest BCUT2D eigenvalue weighted by molar-refractivity contribution is 9.10. The topological polar surface area (TPSA) is 9.23 Å². The molecule has 1 aromatic rings. The zero-order valence-electron chi connectivity index (χ0n) is 5.73. The molecular formula is C7H4BrClF2O. The maximum Gasteiger partial charge on any atom is 0.387 e. The Labute approximate surface area is 81.4 Å². The molecule has 0 amide bonds. The molecule has 0 aliphatic rings. The van der Waals surface area contributed by atoms with Gasteiger partial charge in [-0.05, 0) is 28.1 Å². The summed E-state index contributed by atoms with van der Waals surface area (Å²) < 4.78 is 28.1. The number of halogens is 4. The van der Waals surface area contributed by atoms with Crippen molar-refractivity contribution < 1.29 is 13.5 Å². The Bertz CT molecular complexity index is 280. The first-order valence-corrected chi connectivity index (χ1v) is 4.17. The highest BCUT2D eigenvalue weighted by Crippen LogP contribution is 2.32. The van der Waals surface area contributed by atoms with Crippen LogP contribution in [0.4, 0.5) is 8.78 Å². The van der Waals surface area contributed by atoms with Gasteiger partial charge in [-0.25, -0.2) is 0 Å². The van der Waals surface area contributed by atoms with Gasteiger partial charge < -0.3 is 4.74 Å². The van der Waals surface area contributed by atoms with Crippen molar-refractivity contribution in [3.8, 4) is 5.75 Å². The van der Waals surface area contributed by atoms with E-state index in [4.69, 9.17) is 11.6 Å². The summed E-state index contributed by atoms with van der Waals surface area (Å²) >= 11 is 8.71. The minimum Gasteiger partial charge on any atom is -0.433 e. The first-order chi connectivity index (χ1) is 5.61. The largest absolute Gasteiger partial charge is 0.433 e. The van der Waals surface area contributed by atoms with Crippen LogP contribution < -0.4 is 4.74 Å². The normalized spacial score (nSPS) is 10.4. The molecule has 12 heavy (non-hydrogen) atoms. The molecule has 0 atom stereocenters. The molecular weight excluding hydrogens is 253 g/mol. The first kappa shape index (κ1) is 9.74. The molecule has 0 N–H and O–H groups in total. The third kappa shape index (κ3) is 2.32. The summed E-state index contributed by atoms with van der Waals surface area (Å²) in [4.78, 5) is 0. The number of rotatable bonds is 2. The van der Waals surface area contributed by atoms with E-state index in [0.717, 1.165) is 0 Å². The van der Waals surface area contributed by atoms with Crippen LogP contribution in [0.2, 0.25) is 5.02 Å². The van der Waals surface area contributed by atoms with Gasteiger partial charge in [-0.1, -0.05) is 17.7 Å². The second-order valence-electron chi connectivity index (χ2n) is 1.93. The minimum absolute atomic E-state index is 0.0268. The monoisotopic (exact) mass is 256 g/mol. The maximum absolute atomic E-state index is 11.7. The SMILES string of the molecule is FC(F)Oc1cccc(Br)c1Cl. The van der Waals surface area contributed by atoms with Crippen LogP contribution in [-0.4, -0.2) is 6.61 Å². The highest BCUT2D eigenvalue weighted by atomic mass is 79.9. The third-order valence-electron chi connectivity index (χ3n) is 1.13. The second-order valence-corrected chi connectivity index (χ2v) is 3.16. The number of hydrogen-bond acceptors (Lipinski definition) is 1. The lowest BCUT2D eigenvalue weighted by atomic mass is 10.3. The number of hydrogen-bond donors (Lipinski definition) is 0. The maximum atomic E-state index is 11.7. The summed E-state index contributed by atoms with van der Waals surface area (Å²) in [5, 5.41) is 0.151. The van der Waals surface area contributed by atoms with Gasteiger partial charge in [0.25, 0.3) is 0 Å². The summed E-state index contributed by atoms with van der Waals surface area (Å²) in [7, 11) is 0. The standard InChI is InChI=1S/C7H4BrClF2O/c8-4-2-1-3-5(6(4)9)12-7(10)11/h1-3,7H. The molecule has 0 aliphatic carbocycles. The molecule has 0 radical (unpaired) electrons. The number of alkyl halides is 2. The van der Waals surface area contributed by atoms with E-state index in [-0.39, 0.29) is 10.8 Å². The van der Waals surface area contributed by atoms with Crippen molar-refractivity contribution in [1.29, 1.82) is 0 Å². The Morgan fingerprint density at radius 1 is 1.42 bits per heavy atom. The highest BCUT2D eigenvalue weighted by Gasteiger charge is 2.09. The molecule has 1 rings (SSSR count). The van der Waals surface area contributed by atoms with Crippen LogP contribution in [0.3, 0.4) is 0 Å². The van der Waals surface area contributed by atoms with Crippen LogP contribution >= 0.6 is 27.5 Å². The molecule has 0 fully saturated rings. The van der Waals surface area contributed by atoms with Gasteiger partial charge in [-0.3, -0.25) is 0 Å². The molecule has 1 nitrogen and oxygen atoms in total. The smallest absolute Gasteiger partial charge is 0.387 e. The Balaban J connectivity index is 2.92. The van der Waals surface area contributed by atoms with E-state index in [1.165, 1.54) is 6.07 Å². The molecule has 0 bridgehead atoms. The Morgan fingerprint density at radius 2 is 2.08 bits per heavy atom. The molecule has 0 aromatic heterocycles. The van der Waals surface area contributed by atoms with Crippen molar-refractivity contribution in [2.45, 2.75) is 6.61 Å². The molecule has 66 valence electrons. The predicted octanol–water partition coefficient (Wildman–Crippen LogP) is 3.70. The molecule has 0 heterocycles. The molecule has 0 saturated carbocycles. The quantitative estimate of drug-likeness (QED) is 0.785. The molecule has 1 aromatic carbocycles. The van der Waals surface area contributed by atoms with Crippen LogP contribution in [0, 0.1) is 0 Å². The Morgan fingerprint density at radius 3 is 2.67 bits per heavy atom. The number of benzene rings is 1. The average molecular weight is 257 g/mol. The fourth-order valence-electron chi connectivity index (χ4n) is 0.671. The van der Waals surface area contributed by atoms with Crippen LogP contribution in [-0.2, 0) is 0 Å². The van der Waals surface area contributed by atoms with Crippen LogP contribution in [0.15, 0.2) is 22.7 Å². The molecule has 0 aliphatic heterocycles. The van der Waals surface area contributed by atoms with E-state index in [2.05, 4.69) is 20.7 Å². The summed E-state index contributed by atoms with van der Waals surface area (Å²) in [5.74, 6) is -0.0268. The fourth-order valence-corrected chi connectivity index (χ4v) is 1.19. The van der Waals surface area contributed by atoms with E-state index in [1.807, 2.05) is 0 Å². The second kappa shape index (κ2) is 4.05. The van der Waals surface area contributed by atoms with Gasteiger partial charge in [0.1, 0.15) is 5.75 Å². The van der Waals surface area contributed by atoms with Gasteiger partial charge in [0.05, 0.1) is 5.02 Å². The van der Waals surface area contributed by atoms with Crippen LogP contribution in [0.5, 0.6) is 5.75 Å². The van der Waals surface area contributed by atoms with Gasteiger partial charge in [-0.15, -0.1) is 0 Å². The third-order valence-corrected chi connectivity index (χ3v) is 2.41. The molecule has 5 heteroatoms. The summed E-state index contributed by atoms with van der Waals surface area (Å²) in [5.41, 5.74) is 0. The Hall–Kier alpha value is -0.350. The minimum atomic E-state index is -2.85. The summed E-state index contributed by atoms with van der Waals surface area (Å²) in [6, 6.07) is 4.58. The van der Waals surface area contributed by atoms with Gasteiger partial charge >= 0.3 is 6.61 Å². The van der Waals surface area contributed by atoms with Crippen molar-refractivity contribution in [1.82, 2.24) is 0 Å². The van der Waals surface area contributed by atoms with Gasteiger partial charge in [0.15, 0.2) is 0 Å². The lowest BCUT2D eigenvalue weighted by molar-refractivity contribution is -0.0498. The number of ether oxygens (including phenoxy) is 1. The van der Waals surface area contributed by atoms with Crippen molar-refractivity contribution in [2.75, 3.05) is 0 Å². The lowest BCUT2D eigenvalue weighted by Crippen LogP contribution is -2.02.